The van der Waals surface area contributed by atoms with Gasteiger partial charge in [0.25, 0.3) is 5.91 Å². The first-order valence-electron chi connectivity index (χ1n) is 8.45. The van der Waals surface area contributed by atoms with E-state index in [1.54, 1.807) is 6.07 Å². The van der Waals surface area contributed by atoms with E-state index in [4.69, 9.17) is 4.74 Å². The first kappa shape index (κ1) is 19.2. The standard InChI is InChI=1S/C21H18F2N2O3/c1-13-2-6-16(7-3-13)28-12-24-19-9-5-15(11-20(19)26)25-21(27)17-8-4-14(22)10-18(17)23/h2-11,24,26H,12H2,1H3,(H,25,27). The van der Waals surface area contributed by atoms with Crippen LogP contribution in [0.25, 0.3) is 0 Å². The Morgan fingerprint density at radius 1 is 1.04 bits per heavy atom. The molecule has 144 valence electrons. The number of aryl methyl sites for hydroxylation is 1. The SMILES string of the molecule is Cc1ccc(OCNc2ccc(NC(=O)c3ccc(F)cc3F)cc2O)cc1. The van der Waals surface area contributed by atoms with E-state index in [0.717, 1.165) is 17.7 Å². The van der Waals surface area contributed by atoms with Crippen LogP contribution in [0.1, 0.15) is 15.9 Å². The number of halogens is 2. The van der Waals surface area contributed by atoms with Gasteiger partial charge < -0.3 is 20.5 Å². The number of phenolic OH excluding ortho intramolecular Hbond substituents is 1. The maximum absolute atomic E-state index is 13.7. The third kappa shape index (κ3) is 4.76. The van der Waals surface area contributed by atoms with Crippen molar-refractivity contribution in [3.63, 3.8) is 0 Å². The first-order valence-corrected chi connectivity index (χ1v) is 8.45. The number of carbonyl (C=O) groups excluding carboxylic acids is 1. The third-order valence-corrected chi connectivity index (χ3v) is 3.95. The van der Waals surface area contributed by atoms with E-state index in [1.165, 1.54) is 12.1 Å². The lowest BCUT2D eigenvalue weighted by Crippen LogP contribution is -2.14. The van der Waals surface area contributed by atoms with Gasteiger partial charge in [-0.2, -0.15) is 0 Å². The molecule has 0 bridgehead atoms. The van der Waals surface area contributed by atoms with Crippen LogP contribution in [0.4, 0.5) is 20.2 Å². The van der Waals surface area contributed by atoms with E-state index in [0.29, 0.717) is 17.5 Å². The molecule has 0 atom stereocenters. The van der Waals surface area contributed by atoms with Gasteiger partial charge in [-0.25, -0.2) is 8.78 Å². The van der Waals surface area contributed by atoms with Gasteiger partial charge in [-0.15, -0.1) is 0 Å². The molecule has 5 nitrogen and oxygen atoms in total. The Balaban J connectivity index is 1.60. The maximum atomic E-state index is 13.7. The summed E-state index contributed by atoms with van der Waals surface area (Å²) in [5.41, 5.74) is 1.49. The normalized spacial score (nSPS) is 10.4. The number of hydrogen-bond donors (Lipinski definition) is 3. The molecule has 7 heteroatoms. The van der Waals surface area contributed by atoms with E-state index < -0.39 is 17.5 Å². The smallest absolute Gasteiger partial charge is 0.258 e. The fraction of sp³-hybridized carbons (Fsp3) is 0.0952. The second-order valence-corrected chi connectivity index (χ2v) is 6.09. The highest BCUT2D eigenvalue weighted by atomic mass is 19.1. The van der Waals surface area contributed by atoms with Crippen LogP contribution < -0.4 is 15.4 Å². The largest absolute Gasteiger partial charge is 0.506 e. The van der Waals surface area contributed by atoms with Crippen LogP contribution in [0.3, 0.4) is 0 Å². The van der Waals surface area contributed by atoms with Gasteiger partial charge in [-0.1, -0.05) is 17.7 Å². The van der Waals surface area contributed by atoms with Crippen molar-refractivity contribution in [2.45, 2.75) is 6.92 Å². The molecule has 1 amide bonds. The summed E-state index contributed by atoms with van der Waals surface area (Å²) in [6.07, 6.45) is 0. The van der Waals surface area contributed by atoms with Crippen LogP contribution in [0.5, 0.6) is 11.5 Å². The van der Waals surface area contributed by atoms with E-state index in [9.17, 15) is 18.7 Å². The Hall–Kier alpha value is -3.61. The zero-order valence-corrected chi connectivity index (χ0v) is 15.0. The zero-order valence-electron chi connectivity index (χ0n) is 15.0. The summed E-state index contributed by atoms with van der Waals surface area (Å²) < 4.78 is 32.1. The minimum Gasteiger partial charge on any atom is -0.506 e. The minimum atomic E-state index is -0.965. The monoisotopic (exact) mass is 384 g/mol. The molecule has 0 spiro atoms. The van der Waals surface area contributed by atoms with Gasteiger partial charge in [0.15, 0.2) is 6.73 Å². The molecule has 0 heterocycles. The highest BCUT2D eigenvalue weighted by Gasteiger charge is 2.13. The lowest BCUT2D eigenvalue weighted by atomic mass is 10.2. The summed E-state index contributed by atoms with van der Waals surface area (Å²) >= 11 is 0. The second-order valence-electron chi connectivity index (χ2n) is 6.09. The van der Waals surface area contributed by atoms with E-state index in [2.05, 4.69) is 10.6 Å². The molecule has 3 aromatic carbocycles. The van der Waals surface area contributed by atoms with Gasteiger partial charge in [0, 0.05) is 17.8 Å². The number of ether oxygens (including phenoxy) is 1. The molecular weight excluding hydrogens is 366 g/mol. The number of aromatic hydroxyl groups is 1. The third-order valence-electron chi connectivity index (χ3n) is 3.95. The number of anilines is 2. The summed E-state index contributed by atoms with van der Waals surface area (Å²) in [5.74, 6) is -1.92. The predicted molar refractivity (Wildman–Crippen MR) is 103 cm³/mol. The molecule has 0 fully saturated rings. The number of carbonyl (C=O) groups is 1. The van der Waals surface area contributed by atoms with Crippen molar-refractivity contribution in [2.24, 2.45) is 0 Å². The summed E-state index contributed by atoms with van der Waals surface area (Å²) in [5, 5.41) is 15.5. The molecule has 0 aliphatic carbocycles. The van der Waals surface area contributed by atoms with E-state index >= 15 is 0 Å². The lowest BCUT2D eigenvalue weighted by molar-refractivity contribution is 0.102. The Labute approximate surface area is 160 Å². The number of amides is 1. The highest BCUT2D eigenvalue weighted by molar-refractivity contribution is 6.04. The Morgan fingerprint density at radius 2 is 1.79 bits per heavy atom. The van der Waals surface area contributed by atoms with Gasteiger partial charge in [0.05, 0.1) is 11.3 Å². The Morgan fingerprint density at radius 3 is 2.46 bits per heavy atom. The van der Waals surface area contributed by atoms with Gasteiger partial charge in [0.2, 0.25) is 0 Å². The van der Waals surface area contributed by atoms with Crippen molar-refractivity contribution < 1.29 is 23.4 Å². The number of rotatable bonds is 6. The summed E-state index contributed by atoms with van der Waals surface area (Å²) in [6, 6.07) is 14.6. The summed E-state index contributed by atoms with van der Waals surface area (Å²) in [7, 11) is 0. The molecule has 3 aromatic rings. The first-order chi connectivity index (χ1) is 13.4. The van der Waals surface area contributed by atoms with Crippen LogP contribution >= 0.6 is 0 Å². The fourth-order valence-corrected chi connectivity index (χ4v) is 2.46. The van der Waals surface area contributed by atoms with Crippen molar-refractivity contribution in [1.82, 2.24) is 0 Å². The second kappa shape index (κ2) is 8.39. The lowest BCUT2D eigenvalue weighted by Gasteiger charge is -2.12. The molecule has 0 aliphatic rings. The molecule has 28 heavy (non-hydrogen) atoms. The zero-order chi connectivity index (χ0) is 20.1. The molecule has 0 saturated carbocycles. The predicted octanol–water partition coefficient (Wildman–Crippen LogP) is 4.68. The topological polar surface area (TPSA) is 70.6 Å². The summed E-state index contributed by atoms with van der Waals surface area (Å²) in [4.78, 5) is 12.1. The van der Waals surface area contributed by atoms with Gasteiger partial charge in [-0.3, -0.25) is 4.79 Å². The molecule has 3 N–H and O–H groups in total. The van der Waals surface area contributed by atoms with Crippen molar-refractivity contribution in [2.75, 3.05) is 17.4 Å². The molecule has 0 saturated heterocycles. The van der Waals surface area contributed by atoms with Gasteiger partial charge in [0.1, 0.15) is 23.1 Å². The van der Waals surface area contributed by atoms with Crippen molar-refractivity contribution in [3.8, 4) is 11.5 Å². The maximum Gasteiger partial charge on any atom is 0.258 e. The average Bonchev–Trinajstić information content (AvgIpc) is 2.65. The molecule has 0 radical (unpaired) electrons. The van der Waals surface area contributed by atoms with Gasteiger partial charge >= 0.3 is 0 Å². The average molecular weight is 384 g/mol. The van der Waals surface area contributed by atoms with Crippen LogP contribution in [-0.4, -0.2) is 17.7 Å². The molecular formula is C21H18F2N2O3. The van der Waals surface area contributed by atoms with Crippen LogP contribution in [0.2, 0.25) is 0 Å². The molecule has 0 aliphatic heterocycles. The number of benzene rings is 3. The summed E-state index contributed by atoms with van der Waals surface area (Å²) in [6.45, 7) is 2.11. The number of phenols is 1. The van der Waals surface area contributed by atoms with Crippen molar-refractivity contribution in [3.05, 3.63) is 83.4 Å². The van der Waals surface area contributed by atoms with Crippen molar-refractivity contribution >= 4 is 17.3 Å². The minimum absolute atomic E-state index is 0.120. The van der Waals surface area contributed by atoms with Crippen LogP contribution in [0, 0.1) is 18.6 Å². The van der Waals surface area contributed by atoms with Gasteiger partial charge in [-0.05, 0) is 43.3 Å². The molecule has 0 unspecified atom stereocenters. The number of nitrogens with one attached hydrogen (secondary N) is 2. The van der Waals surface area contributed by atoms with Crippen LogP contribution in [-0.2, 0) is 0 Å². The van der Waals surface area contributed by atoms with E-state index in [-0.39, 0.29) is 23.7 Å². The van der Waals surface area contributed by atoms with E-state index in [1.807, 2.05) is 31.2 Å². The Bertz CT molecular complexity index is 991. The molecule has 0 aromatic heterocycles. The quantitative estimate of drug-likeness (QED) is 0.426. The Kier molecular flexibility index (Phi) is 5.74. The molecule has 3 rings (SSSR count). The number of hydrogen-bond acceptors (Lipinski definition) is 4. The van der Waals surface area contributed by atoms with Crippen molar-refractivity contribution in [1.29, 1.82) is 0 Å². The fourth-order valence-electron chi connectivity index (χ4n) is 2.46. The van der Waals surface area contributed by atoms with Crippen LogP contribution in [0.15, 0.2) is 60.7 Å². The highest BCUT2D eigenvalue weighted by Crippen LogP contribution is 2.27.